The molecule has 0 unspecified atom stereocenters. The van der Waals surface area contributed by atoms with Crippen LogP contribution in [-0.4, -0.2) is 36.6 Å². The van der Waals surface area contributed by atoms with E-state index in [9.17, 15) is 19.3 Å². The Labute approximate surface area is 120 Å². The SMILES string of the molecule is O=C(COC1CCNCC1)Nc1c(F)cccc1[N+](=O)[O-]. The van der Waals surface area contributed by atoms with E-state index in [1.165, 1.54) is 6.07 Å². The zero-order chi connectivity index (χ0) is 15.2. The maximum Gasteiger partial charge on any atom is 0.295 e. The Kier molecular flexibility index (Phi) is 5.18. The van der Waals surface area contributed by atoms with E-state index < -0.39 is 28.0 Å². The molecule has 0 aromatic heterocycles. The Morgan fingerprint density at radius 2 is 2.19 bits per heavy atom. The summed E-state index contributed by atoms with van der Waals surface area (Å²) in [5.74, 6) is -1.46. The predicted octanol–water partition coefficient (Wildman–Crippen LogP) is 1.44. The molecule has 1 aliphatic heterocycles. The highest BCUT2D eigenvalue weighted by Gasteiger charge is 2.21. The van der Waals surface area contributed by atoms with Gasteiger partial charge in [0.1, 0.15) is 6.61 Å². The van der Waals surface area contributed by atoms with Gasteiger partial charge in [-0.05, 0) is 32.0 Å². The number of rotatable bonds is 5. The Morgan fingerprint density at radius 1 is 1.48 bits per heavy atom. The summed E-state index contributed by atoms with van der Waals surface area (Å²) >= 11 is 0. The third kappa shape index (κ3) is 4.20. The number of nitro benzene ring substituents is 1. The van der Waals surface area contributed by atoms with Gasteiger partial charge >= 0.3 is 0 Å². The number of nitrogens with one attached hydrogen (secondary N) is 2. The number of hydrogen-bond acceptors (Lipinski definition) is 5. The van der Waals surface area contributed by atoms with Crippen LogP contribution in [-0.2, 0) is 9.53 Å². The fourth-order valence-corrected chi connectivity index (χ4v) is 2.12. The second kappa shape index (κ2) is 7.09. The molecule has 0 saturated carbocycles. The van der Waals surface area contributed by atoms with Crippen molar-refractivity contribution in [2.24, 2.45) is 0 Å². The van der Waals surface area contributed by atoms with Crippen molar-refractivity contribution in [2.75, 3.05) is 25.0 Å². The van der Waals surface area contributed by atoms with E-state index in [4.69, 9.17) is 4.74 Å². The van der Waals surface area contributed by atoms with Crippen LogP contribution in [0.3, 0.4) is 0 Å². The number of hydrogen-bond donors (Lipinski definition) is 2. The molecule has 2 N–H and O–H groups in total. The summed E-state index contributed by atoms with van der Waals surface area (Å²) < 4.78 is 19.0. The number of piperidine rings is 1. The Balaban J connectivity index is 1.94. The zero-order valence-electron chi connectivity index (χ0n) is 11.3. The highest BCUT2D eigenvalue weighted by molar-refractivity contribution is 5.94. The normalized spacial score (nSPS) is 15.7. The van der Waals surface area contributed by atoms with Crippen LogP contribution in [0.25, 0.3) is 0 Å². The van der Waals surface area contributed by atoms with E-state index in [1.807, 2.05) is 0 Å². The number of halogens is 1. The molecule has 8 heteroatoms. The van der Waals surface area contributed by atoms with Crippen LogP contribution in [0, 0.1) is 15.9 Å². The maximum atomic E-state index is 13.6. The molecule has 0 bridgehead atoms. The molecule has 1 heterocycles. The molecule has 1 aromatic rings. The molecule has 0 atom stereocenters. The number of nitro groups is 1. The lowest BCUT2D eigenvalue weighted by molar-refractivity contribution is -0.384. The van der Waals surface area contributed by atoms with Crippen molar-refractivity contribution in [3.63, 3.8) is 0 Å². The molecule has 7 nitrogen and oxygen atoms in total. The quantitative estimate of drug-likeness (QED) is 0.633. The molecule has 21 heavy (non-hydrogen) atoms. The van der Waals surface area contributed by atoms with Gasteiger partial charge in [-0.3, -0.25) is 14.9 Å². The predicted molar refractivity (Wildman–Crippen MR) is 73.5 cm³/mol. The second-order valence-electron chi connectivity index (χ2n) is 4.70. The number of anilines is 1. The highest BCUT2D eigenvalue weighted by atomic mass is 19.1. The minimum atomic E-state index is -0.848. The number of carbonyl (C=O) groups excluding carboxylic acids is 1. The first kappa shape index (κ1) is 15.3. The number of nitrogens with zero attached hydrogens (tertiary/aromatic N) is 1. The van der Waals surface area contributed by atoms with Crippen LogP contribution in [0.5, 0.6) is 0 Å². The van der Waals surface area contributed by atoms with Gasteiger partial charge in [-0.25, -0.2) is 4.39 Å². The third-order valence-corrected chi connectivity index (χ3v) is 3.19. The lowest BCUT2D eigenvalue weighted by Crippen LogP contribution is -2.34. The lowest BCUT2D eigenvalue weighted by Gasteiger charge is -2.22. The van der Waals surface area contributed by atoms with E-state index in [0.717, 1.165) is 38.1 Å². The van der Waals surface area contributed by atoms with Crippen molar-refractivity contribution in [1.29, 1.82) is 0 Å². The average Bonchev–Trinajstić information content (AvgIpc) is 2.48. The molecule has 0 radical (unpaired) electrons. The second-order valence-corrected chi connectivity index (χ2v) is 4.70. The lowest BCUT2D eigenvalue weighted by atomic mass is 10.1. The van der Waals surface area contributed by atoms with Gasteiger partial charge in [0.15, 0.2) is 11.5 Å². The first-order valence-electron chi connectivity index (χ1n) is 6.63. The first-order valence-corrected chi connectivity index (χ1v) is 6.63. The van der Waals surface area contributed by atoms with E-state index in [0.29, 0.717) is 0 Å². The largest absolute Gasteiger partial charge is 0.368 e. The van der Waals surface area contributed by atoms with Gasteiger partial charge < -0.3 is 15.4 Å². The van der Waals surface area contributed by atoms with Crippen molar-refractivity contribution in [3.05, 3.63) is 34.1 Å². The van der Waals surface area contributed by atoms with Gasteiger partial charge in [0.2, 0.25) is 0 Å². The molecule has 1 aromatic carbocycles. The molecule has 0 spiro atoms. The van der Waals surface area contributed by atoms with E-state index in [2.05, 4.69) is 10.6 Å². The number of carbonyl (C=O) groups is 1. The molecule has 1 saturated heterocycles. The fraction of sp³-hybridized carbons (Fsp3) is 0.462. The zero-order valence-corrected chi connectivity index (χ0v) is 11.3. The van der Waals surface area contributed by atoms with Crippen LogP contribution >= 0.6 is 0 Å². The molecular weight excluding hydrogens is 281 g/mol. The summed E-state index contributed by atoms with van der Waals surface area (Å²) in [5.41, 5.74) is -0.911. The van der Waals surface area contributed by atoms with Gasteiger partial charge in [0, 0.05) is 6.07 Å². The van der Waals surface area contributed by atoms with Gasteiger partial charge in [-0.1, -0.05) is 6.07 Å². The Hall–Kier alpha value is -2.06. The monoisotopic (exact) mass is 297 g/mol. The smallest absolute Gasteiger partial charge is 0.295 e. The molecule has 2 rings (SSSR count). The molecular formula is C13H16FN3O4. The first-order chi connectivity index (χ1) is 10.1. The van der Waals surface area contributed by atoms with Crippen LogP contribution in [0.2, 0.25) is 0 Å². The highest BCUT2D eigenvalue weighted by Crippen LogP contribution is 2.26. The molecule has 114 valence electrons. The molecule has 1 amide bonds. The van der Waals surface area contributed by atoms with E-state index in [1.54, 1.807) is 0 Å². The van der Waals surface area contributed by atoms with Crippen LogP contribution in [0.4, 0.5) is 15.8 Å². The van der Waals surface area contributed by atoms with Crippen molar-refractivity contribution in [3.8, 4) is 0 Å². The summed E-state index contributed by atoms with van der Waals surface area (Å²) in [6.45, 7) is 1.40. The van der Waals surface area contributed by atoms with E-state index in [-0.39, 0.29) is 12.7 Å². The van der Waals surface area contributed by atoms with Crippen molar-refractivity contribution >= 4 is 17.3 Å². The minimum absolute atomic E-state index is 0.0207. The van der Waals surface area contributed by atoms with E-state index >= 15 is 0 Å². The van der Waals surface area contributed by atoms with Crippen LogP contribution in [0.15, 0.2) is 18.2 Å². The van der Waals surface area contributed by atoms with Gasteiger partial charge in [-0.15, -0.1) is 0 Å². The Morgan fingerprint density at radius 3 is 2.86 bits per heavy atom. The minimum Gasteiger partial charge on any atom is -0.368 e. The Bertz CT molecular complexity index is 532. The van der Waals surface area contributed by atoms with Crippen molar-refractivity contribution in [1.82, 2.24) is 5.32 Å². The van der Waals surface area contributed by atoms with Crippen LogP contribution in [0.1, 0.15) is 12.8 Å². The van der Waals surface area contributed by atoms with Crippen molar-refractivity contribution in [2.45, 2.75) is 18.9 Å². The summed E-state index contributed by atoms with van der Waals surface area (Å²) in [6, 6.07) is 3.40. The number of ether oxygens (including phenoxy) is 1. The summed E-state index contributed by atoms with van der Waals surface area (Å²) in [5, 5.41) is 16.2. The number of benzene rings is 1. The number of amides is 1. The molecule has 1 fully saturated rings. The third-order valence-electron chi connectivity index (χ3n) is 3.19. The van der Waals surface area contributed by atoms with Gasteiger partial charge in [-0.2, -0.15) is 0 Å². The summed E-state index contributed by atoms with van der Waals surface area (Å²) in [7, 11) is 0. The average molecular weight is 297 g/mol. The van der Waals surface area contributed by atoms with Gasteiger partial charge in [0.05, 0.1) is 11.0 Å². The molecule has 0 aliphatic carbocycles. The summed E-state index contributed by atoms with van der Waals surface area (Å²) in [6.07, 6.45) is 1.58. The standard InChI is InChI=1S/C13H16FN3O4/c14-10-2-1-3-11(17(19)20)13(10)16-12(18)8-21-9-4-6-15-7-5-9/h1-3,9,15H,4-8H2,(H,16,18). The topological polar surface area (TPSA) is 93.5 Å². The fourth-order valence-electron chi connectivity index (χ4n) is 2.12. The summed E-state index contributed by atoms with van der Waals surface area (Å²) in [4.78, 5) is 21.8. The maximum absolute atomic E-state index is 13.6. The molecule has 1 aliphatic rings. The van der Waals surface area contributed by atoms with Gasteiger partial charge in [0.25, 0.3) is 11.6 Å². The number of para-hydroxylation sites is 1. The van der Waals surface area contributed by atoms with Crippen molar-refractivity contribution < 1.29 is 18.8 Å². The van der Waals surface area contributed by atoms with Crippen LogP contribution < -0.4 is 10.6 Å².